The van der Waals surface area contributed by atoms with Crippen LogP contribution in [0.15, 0.2) is 48.5 Å². The smallest absolute Gasteiger partial charge is 0.140 e. The summed E-state index contributed by atoms with van der Waals surface area (Å²) < 4.78 is 14.3. The SMILES string of the molecule is CCCCC(=O)C(C)c1ccc(-c2ccccc2)cc1F. The van der Waals surface area contributed by atoms with Gasteiger partial charge in [-0.1, -0.05) is 62.7 Å². The average molecular weight is 284 g/mol. The first-order valence-corrected chi connectivity index (χ1v) is 7.51. The highest BCUT2D eigenvalue weighted by Gasteiger charge is 2.18. The Morgan fingerprint density at radius 2 is 1.81 bits per heavy atom. The van der Waals surface area contributed by atoms with E-state index in [9.17, 15) is 9.18 Å². The van der Waals surface area contributed by atoms with Gasteiger partial charge in [0, 0.05) is 12.3 Å². The number of hydrogen-bond acceptors (Lipinski definition) is 1. The molecular weight excluding hydrogens is 263 g/mol. The molecule has 0 amide bonds. The molecule has 0 aliphatic heterocycles. The molecule has 1 nitrogen and oxygen atoms in total. The minimum absolute atomic E-state index is 0.114. The number of rotatable bonds is 6. The maximum atomic E-state index is 14.3. The monoisotopic (exact) mass is 284 g/mol. The van der Waals surface area contributed by atoms with Crippen LogP contribution in [0.1, 0.15) is 44.6 Å². The predicted molar refractivity (Wildman–Crippen MR) is 84.8 cm³/mol. The first kappa shape index (κ1) is 15.4. The standard InChI is InChI=1S/C19H21FO/c1-3-4-10-19(21)14(2)17-12-11-16(13-18(17)20)15-8-6-5-7-9-15/h5-9,11-14H,3-4,10H2,1-2H3. The molecule has 1 unspecified atom stereocenters. The van der Waals surface area contributed by atoms with Crippen LogP contribution in [0.5, 0.6) is 0 Å². The Kier molecular flexibility index (Phi) is 5.26. The molecule has 0 N–H and O–H groups in total. The fraction of sp³-hybridized carbons (Fsp3) is 0.316. The summed E-state index contributed by atoms with van der Waals surface area (Å²) in [6.07, 6.45) is 2.37. The highest BCUT2D eigenvalue weighted by atomic mass is 19.1. The molecule has 110 valence electrons. The number of hydrogen-bond donors (Lipinski definition) is 0. The molecular formula is C19H21FO. The van der Waals surface area contributed by atoms with Gasteiger partial charge in [0.2, 0.25) is 0 Å². The van der Waals surface area contributed by atoms with Crippen LogP contribution in [0.4, 0.5) is 4.39 Å². The molecule has 2 rings (SSSR count). The molecule has 2 aromatic rings. The van der Waals surface area contributed by atoms with E-state index in [0.717, 1.165) is 24.0 Å². The third-order valence-electron chi connectivity index (χ3n) is 3.83. The summed E-state index contributed by atoms with van der Waals surface area (Å²) >= 11 is 0. The van der Waals surface area contributed by atoms with Crippen LogP contribution < -0.4 is 0 Å². The quantitative estimate of drug-likeness (QED) is 0.698. The van der Waals surface area contributed by atoms with Crippen LogP contribution in [0, 0.1) is 5.82 Å². The second kappa shape index (κ2) is 7.16. The van der Waals surface area contributed by atoms with Gasteiger partial charge in [-0.25, -0.2) is 4.39 Å². The molecule has 1 atom stereocenters. The van der Waals surface area contributed by atoms with Crippen molar-refractivity contribution in [2.45, 2.75) is 39.0 Å². The average Bonchev–Trinajstić information content (AvgIpc) is 2.52. The van der Waals surface area contributed by atoms with Crippen molar-refractivity contribution >= 4 is 5.78 Å². The summed E-state index contributed by atoms with van der Waals surface area (Å²) in [7, 11) is 0. The van der Waals surface area contributed by atoms with Gasteiger partial charge < -0.3 is 0 Å². The van der Waals surface area contributed by atoms with Crippen LogP contribution in [0.3, 0.4) is 0 Å². The van der Waals surface area contributed by atoms with E-state index in [4.69, 9.17) is 0 Å². The lowest BCUT2D eigenvalue weighted by molar-refractivity contribution is -0.120. The number of carbonyl (C=O) groups excluding carboxylic acids is 1. The van der Waals surface area contributed by atoms with Gasteiger partial charge in [0.15, 0.2) is 0 Å². The lowest BCUT2D eigenvalue weighted by atomic mass is 9.91. The Hall–Kier alpha value is -1.96. The lowest BCUT2D eigenvalue weighted by Gasteiger charge is -2.13. The largest absolute Gasteiger partial charge is 0.299 e. The van der Waals surface area contributed by atoms with Crippen molar-refractivity contribution in [1.82, 2.24) is 0 Å². The molecule has 0 saturated carbocycles. The first-order valence-electron chi connectivity index (χ1n) is 7.51. The number of unbranched alkanes of at least 4 members (excludes halogenated alkanes) is 1. The third kappa shape index (κ3) is 3.78. The van der Waals surface area contributed by atoms with Crippen LogP contribution in [-0.2, 0) is 4.79 Å². The zero-order valence-electron chi connectivity index (χ0n) is 12.6. The zero-order chi connectivity index (χ0) is 15.2. The van der Waals surface area contributed by atoms with E-state index >= 15 is 0 Å². The Morgan fingerprint density at radius 3 is 2.43 bits per heavy atom. The topological polar surface area (TPSA) is 17.1 Å². The highest BCUT2D eigenvalue weighted by molar-refractivity contribution is 5.85. The summed E-state index contributed by atoms with van der Waals surface area (Å²) in [4.78, 5) is 12.0. The summed E-state index contributed by atoms with van der Waals surface area (Å²) in [5.74, 6) is -0.557. The van der Waals surface area contributed by atoms with E-state index in [-0.39, 0.29) is 17.5 Å². The molecule has 21 heavy (non-hydrogen) atoms. The normalized spacial score (nSPS) is 12.1. The number of benzene rings is 2. The fourth-order valence-corrected chi connectivity index (χ4v) is 2.43. The molecule has 0 aromatic heterocycles. The summed E-state index contributed by atoms with van der Waals surface area (Å²) in [5, 5.41) is 0. The number of Topliss-reactive ketones (excluding diaryl/α,β-unsaturated/α-hetero) is 1. The second-order valence-corrected chi connectivity index (χ2v) is 5.39. The molecule has 0 saturated heterocycles. The fourth-order valence-electron chi connectivity index (χ4n) is 2.43. The predicted octanol–water partition coefficient (Wildman–Crippen LogP) is 5.36. The van der Waals surface area contributed by atoms with Crippen LogP contribution in [-0.4, -0.2) is 5.78 Å². The lowest BCUT2D eigenvalue weighted by Crippen LogP contribution is -2.10. The van der Waals surface area contributed by atoms with Gasteiger partial charge in [0.05, 0.1) is 0 Å². The van der Waals surface area contributed by atoms with Crippen LogP contribution >= 0.6 is 0 Å². The Balaban J connectivity index is 2.21. The first-order chi connectivity index (χ1) is 10.1. The van der Waals surface area contributed by atoms with Gasteiger partial charge in [-0.2, -0.15) is 0 Å². The molecule has 2 heteroatoms. The van der Waals surface area contributed by atoms with E-state index in [1.807, 2.05) is 43.3 Å². The molecule has 0 heterocycles. The van der Waals surface area contributed by atoms with Gasteiger partial charge in [-0.3, -0.25) is 4.79 Å². The number of carbonyl (C=O) groups is 1. The van der Waals surface area contributed by atoms with Gasteiger partial charge in [0.1, 0.15) is 11.6 Å². The summed E-state index contributed by atoms with van der Waals surface area (Å²) in [6, 6.07) is 14.8. The van der Waals surface area contributed by atoms with E-state index in [0.29, 0.717) is 12.0 Å². The molecule has 0 bridgehead atoms. The minimum atomic E-state index is -0.374. The number of halogens is 1. The molecule has 0 spiro atoms. The molecule has 0 radical (unpaired) electrons. The van der Waals surface area contributed by atoms with Gasteiger partial charge in [-0.05, 0) is 29.2 Å². The van der Waals surface area contributed by atoms with Gasteiger partial charge in [0.25, 0.3) is 0 Å². The maximum absolute atomic E-state index is 14.3. The van der Waals surface area contributed by atoms with Crippen LogP contribution in [0.2, 0.25) is 0 Å². The van der Waals surface area contributed by atoms with Crippen molar-refractivity contribution in [3.8, 4) is 11.1 Å². The van der Waals surface area contributed by atoms with Crippen molar-refractivity contribution in [3.63, 3.8) is 0 Å². The van der Waals surface area contributed by atoms with Crippen molar-refractivity contribution < 1.29 is 9.18 Å². The second-order valence-electron chi connectivity index (χ2n) is 5.39. The molecule has 0 fully saturated rings. The van der Waals surface area contributed by atoms with Crippen molar-refractivity contribution in [3.05, 3.63) is 59.9 Å². The Morgan fingerprint density at radius 1 is 1.10 bits per heavy atom. The van der Waals surface area contributed by atoms with Crippen LogP contribution in [0.25, 0.3) is 11.1 Å². The molecule has 0 aliphatic carbocycles. The Bertz CT molecular complexity index is 604. The van der Waals surface area contributed by atoms with E-state index in [1.165, 1.54) is 6.07 Å². The van der Waals surface area contributed by atoms with Gasteiger partial charge >= 0.3 is 0 Å². The van der Waals surface area contributed by atoms with Crippen molar-refractivity contribution in [2.24, 2.45) is 0 Å². The zero-order valence-corrected chi connectivity index (χ0v) is 12.6. The van der Waals surface area contributed by atoms with Crippen molar-refractivity contribution in [1.29, 1.82) is 0 Å². The molecule has 2 aromatic carbocycles. The number of ketones is 1. The third-order valence-corrected chi connectivity index (χ3v) is 3.83. The van der Waals surface area contributed by atoms with Crippen molar-refractivity contribution in [2.75, 3.05) is 0 Å². The summed E-state index contributed by atoms with van der Waals surface area (Å²) in [6.45, 7) is 3.84. The van der Waals surface area contributed by atoms with E-state index in [1.54, 1.807) is 13.0 Å². The maximum Gasteiger partial charge on any atom is 0.140 e. The van der Waals surface area contributed by atoms with E-state index in [2.05, 4.69) is 0 Å². The molecule has 0 aliphatic rings. The minimum Gasteiger partial charge on any atom is -0.299 e. The summed E-state index contributed by atoms with van der Waals surface area (Å²) in [5.41, 5.74) is 2.31. The van der Waals surface area contributed by atoms with E-state index < -0.39 is 0 Å². The Labute approximate surface area is 125 Å². The highest BCUT2D eigenvalue weighted by Crippen LogP contribution is 2.27. The van der Waals surface area contributed by atoms with Gasteiger partial charge in [-0.15, -0.1) is 0 Å².